The van der Waals surface area contributed by atoms with Gasteiger partial charge in [-0.15, -0.1) is 0 Å². The van der Waals surface area contributed by atoms with Gasteiger partial charge in [-0.25, -0.2) is 4.98 Å². The molecule has 1 aliphatic rings. The Bertz CT molecular complexity index is 850. The van der Waals surface area contributed by atoms with E-state index in [2.05, 4.69) is 10.3 Å². The average molecular weight is 339 g/mol. The lowest BCUT2D eigenvalue weighted by Gasteiger charge is -2.38. The summed E-state index contributed by atoms with van der Waals surface area (Å²) in [6, 6.07) is 9.19. The fourth-order valence-electron chi connectivity index (χ4n) is 2.83. The van der Waals surface area contributed by atoms with Crippen molar-refractivity contribution in [3.8, 4) is 5.75 Å². The molecule has 25 heavy (non-hydrogen) atoms. The van der Waals surface area contributed by atoms with Gasteiger partial charge in [0, 0.05) is 18.4 Å². The second-order valence-corrected chi connectivity index (χ2v) is 6.28. The van der Waals surface area contributed by atoms with E-state index in [4.69, 9.17) is 4.74 Å². The molecule has 3 rings (SSSR count). The van der Waals surface area contributed by atoms with E-state index in [0.717, 1.165) is 11.1 Å². The van der Waals surface area contributed by atoms with Crippen LogP contribution in [0, 0.1) is 13.8 Å². The van der Waals surface area contributed by atoms with E-state index in [1.165, 1.54) is 11.8 Å². The number of rotatable bonds is 3. The van der Waals surface area contributed by atoms with Gasteiger partial charge in [-0.3, -0.25) is 14.5 Å². The number of anilines is 2. The van der Waals surface area contributed by atoms with Gasteiger partial charge in [0.25, 0.3) is 17.4 Å². The molecule has 6 heteroatoms. The topological polar surface area (TPSA) is 71.5 Å². The van der Waals surface area contributed by atoms with Gasteiger partial charge in [0.05, 0.1) is 0 Å². The molecule has 1 unspecified atom stereocenters. The second kappa shape index (κ2) is 6.20. The summed E-state index contributed by atoms with van der Waals surface area (Å²) in [5.74, 6) is -0.0715. The van der Waals surface area contributed by atoms with Gasteiger partial charge in [-0.1, -0.05) is 12.1 Å². The molecule has 2 amide bonds. The van der Waals surface area contributed by atoms with Crippen LogP contribution in [0.4, 0.5) is 11.5 Å². The molecule has 6 nitrogen and oxygen atoms in total. The van der Waals surface area contributed by atoms with Crippen molar-refractivity contribution in [1.82, 2.24) is 4.98 Å². The van der Waals surface area contributed by atoms with Gasteiger partial charge < -0.3 is 10.1 Å². The Morgan fingerprint density at radius 1 is 1.32 bits per heavy atom. The number of nitrogens with one attached hydrogen (secondary N) is 1. The minimum Gasteiger partial charge on any atom is -0.464 e. The molecule has 0 saturated carbocycles. The predicted octanol–water partition coefficient (Wildman–Crippen LogP) is 2.84. The summed E-state index contributed by atoms with van der Waals surface area (Å²) in [7, 11) is 0. The molecule has 1 aromatic heterocycles. The van der Waals surface area contributed by atoms with Crippen molar-refractivity contribution in [2.24, 2.45) is 0 Å². The van der Waals surface area contributed by atoms with Crippen LogP contribution in [0.15, 0.2) is 36.5 Å². The van der Waals surface area contributed by atoms with Crippen LogP contribution in [0.5, 0.6) is 5.75 Å². The number of hydrogen-bond donors (Lipinski definition) is 1. The highest BCUT2D eigenvalue weighted by Crippen LogP contribution is 2.36. The van der Waals surface area contributed by atoms with Crippen molar-refractivity contribution in [2.45, 2.75) is 33.3 Å². The number of aromatic nitrogens is 1. The Labute approximate surface area is 146 Å². The summed E-state index contributed by atoms with van der Waals surface area (Å²) < 4.78 is 5.80. The highest BCUT2D eigenvalue weighted by Gasteiger charge is 2.51. The van der Waals surface area contributed by atoms with Crippen LogP contribution in [-0.2, 0) is 9.59 Å². The molecule has 1 atom stereocenters. The van der Waals surface area contributed by atoms with E-state index in [1.807, 2.05) is 39.0 Å². The van der Waals surface area contributed by atoms with Gasteiger partial charge in [-0.2, -0.15) is 0 Å². The van der Waals surface area contributed by atoms with Gasteiger partial charge in [0.1, 0.15) is 0 Å². The fraction of sp³-hybridized carbons (Fsp3) is 0.316. The molecule has 2 heterocycles. The predicted molar refractivity (Wildman–Crippen MR) is 95.8 cm³/mol. The lowest BCUT2D eigenvalue weighted by Crippen LogP contribution is -2.60. The van der Waals surface area contributed by atoms with Crippen molar-refractivity contribution in [1.29, 1.82) is 0 Å². The number of benzene rings is 1. The van der Waals surface area contributed by atoms with Crippen LogP contribution in [0.3, 0.4) is 0 Å². The van der Waals surface area contributed by atoms with Crippen molar-refractivity contribution < 1.29 is 14.3 Å². The molecule has 0 radical (unpaired) electrons. The lowest BCUT2D eigenvalue weighted by molar-refractivity contribution is -0.145. The number of likely N-dealkylation sites (N-methyl/N-ethyl adjacent to an activating group) is 1. The number of aryl methyl sites for hydroxylation is 2. The molecule has 0 saturated heterocycles. The zero-order valence-electron chi connectivity index (χ0n) is 14.8. The first kappa shape index (κ1) is 17.0. The first-order valence-electron chi connectivity index (χ1n) is 8.21. The molecule has 130 valence electrons. The second-order valence-electron chi connectivity index (χ2n) is 6.28. The first-order chi connectivity index (χ1) is 11.9. The van der Waals surface area contributed by atoms with Crippen LogP contribution in [0.2, 0.25) is 0 Å². The molecule has 0 fully saturated rings. The third kappa shape index (κ3) is 2.84. The number of hydrogen-bond acceptors (Lipinski definition) is 4. The standard InChI is InChI=1S/C19H21N3O3/c1-5-22-16-15(7-6-10-20-16)25-19(4,18(22)24)17(23)21-14-11-12(2)8-9-13(14)3/h6-11H,5H2,1-4H3,(H,21,23). The number of ether oxygens (including phenoxy) is 1. The summed E-state index contributed by atoms with van der Waals surface area (Å²) in [6.45, 7) is 7.58. The quantitative estimate of drug-likeness (QED) is 0.873. The van der Waals surface area contributed by atoms with E-state index in [0.29, 0.717) is 23.8 Å². The monoisotopic (exact) mass is 339 g/mol. The van der Waals surface area contributed by atoms with Crippen molar-refractivity contribution in [3.05, 3.63) is 47.7 Å². The molecule has 1 N–H and O–H groups in total. The number of nitrogens with zero attached hydrogens (tertiary/aromatic N) is 2. The van der Waals surface area contributed by atoms with Gasteiger partial charge in [0.15, 0.2) is 11.6 Å². The van der Waals surface area contributed by atoms with Gasteiger partial charge in [0.2, 0.25) is 0 Å². The van der Waals surface area contributed by atoms with Crippen LogP contribution in [-0.4, -0.2) is 28.9 Å². The van der Waals surface area contributed by atoms with E-state index in [1.54, 1.807) is 18.3 Å². The fourth-order valence-corrected chi connectivity index (χ4v) is 2.83. The Morgan fingerprint density at radius 2 is 2.08 bits per heavy atom. The zero-order valence-corrected chi connectivity index (χ0v) is 14.8. The molecular weight excluding hydrogens is 318 g/mol. The molecule has 0 spiro atoms. The lowest BCUT2D eigenvalue weighted by atomic mass is 10.00. The number of amides is 2. The van der Waals surface area contributed by atoms with Crippen LogP contribution < -0.4 is 15.0 Å². The number of carbonyl (C=O) groups excluding carboxylic acids is 2. The summed E-state index contributed by atoms with van der Waals surface area (Å²) in [4.78, 5) is 31.5. The minimum atomic E-state index is -1.65. The summed E-state index contributed by atoms with van der Waals surface area (Å²) in [5, 5.41) is 2.84. The Kier molecular flexibility index (Phi) is 4.20. The maximum Gasteiger partial charge on any atom is 0.282 e. The molecule has 0 aliphatic carbocycles. The van der Waals surface area contributed by atoms with Gasteiger partial charge >= 0.3 is 0 Å². The summed E-state index contributed by atoms with van der Waals surface area (Å²) in [6.07, 6.45) is 1.59. The van der Waals surface area contributed by atoms with Crippen molar-refractivity contribution >= 4 is 23.3 Å². The van der Waals surface area contributed by atoms with E-state index >= 15 is 0 Å². The third-order valence-electron chi connectivity index (χ3n) is 4.36. The zero-order chi connectivity index (χ0) is 18.2. The van der Waals surface area contributed by atoms with E-state index < -0.39 is 17.4 Å². The summed E-state index contributed by atoms with van der Waals surface area (Å²) >= 11 is 0. The third-order valence-corrected chi connectivity index (χ3v) is 4.36. The van der Waals surface area contributed by atoms with Crippen LogP contribution in [0.1, 0.15) is 25.0 Å². The molecule has 1 aromatic carbocycles. The highest BCUT2D eigenvalue weighted by atomic mass is 16.5. The van der Waals surface area contributed by atoms with Crippen molar-refractivity contribution in [2.75, 3.05) is 16.8 Å². The van der Waals surface area contributed by atoms with Gasteiger partial charge in [-0.05, 0) is 57.0 Å². The average Bonchev–Trinajstić information content (AvgIpc) is 2.59. The Balaban J connectivity index is 1.96. The first-order valence-corrected chi connectivity index (χ1v) is 8.21. The van der Waals surface area contributed by atoms with Crippen LogP contribution in [0.25, 0.3) is 0 Å². The normalized spacial score (nSPS) is 19.2. The smallest absolute Gasteiger partial charge is 0.282 e. The maximum atomic E-state index is 12.9. The molecule has 1 aliphatic heterocycles. The molecule has 0 bridgehead atoms. The van der Waals surface area contributed by atoms with Crippen LogP contribution >= 0.6 is 0 Å². The highest BCUT2D eigenvalue weighted by molar-refractivity contribution is 6.19. The number of pyridine rings is 1. The largest absolute Gasteiger partial charge is 0.464 e. The molecule has 2 aromatic rings. The SMILES string of the molecule is CCN1C(=O)C(C)(C(=O)Nc2cc(C)ccc2C)Oc2cccnc21. The van der Waals surface area contributed by atoms with E-state index in [9.17, 15) is 9.59 Å². The number of fused-ring (bicyclic) bond motifs is 1. The molecular formula is C19H21N3O3. The minimum absolute atomic E-state index is 0.401. The summed E-state index contributed by atoms with van der Waals surface area (Å²) in [5.41, 5.74) is 0.956. The number of carbonyl (C=O) groups is 2. The van der Waals surface area contributed by atoms with E-state index in [-0.39, 0.29) is 0 Å². The maximum absolute atomic E-state index is 12.9. The van der Waals surface area contributed by atoms with Crippen molar-refractivity contribution in [3.63, 3.8) is 0 Å². The Morgan fingerprint density at radius 3 is 2.80 bits per heavy atom. The Hall–Kier alpha value is -2.89.